The molecule has 74 valence electrons. The summed E-state index contributed by atoms with van der Waals surface area (Å²) >= 11 is 0. The van der Waals surface area contributed by atoms with E-state index in [1.165, 1.54) is 16.8 Å². The number of para-hydroxylation sites is 1. The zero-order valence-electron chi connectivity index (χ0n) is 8.24. The molecule has 1 atom stereocenters. The fourth-order valence-corrected chi connectivity index (χ4v) is 2.70. The van der Waals surface area contributed by atoms with Crippen molar-refractivity contribution < 1.29 is 5.11 Å². The van der Waals surface area contributed by atoms with Crippen LogP contribution in [0.2, 0.25) is 0 Å². The summed E-state index contributed by atoms with van der Waals surface area (Å²) in [4.78, 5) is 2.18. The van der Waals surface area contributed by atoms with Gasteiger partial charge in [-0.2, -0.15) is 0 Å². The van der Waals surface area contributed by atoms with Crippen LogP contribution in [0.5, 0.6) is 0 Å². The molecule has 2 aliphatic heterocycles. The molecule has 1 N–H and O–H groups in total. The number of anilines is 1. The van der Waals surface area contributed by atoms with Crippen molar-refractivity contribution in [2.45, 2.75) is 31.9 Å². The summed E-state index contributed by atoms with van der Waals surface area (Å²) in [6, 6.07) is 6.54. The van der Waals surface area contributed by atoms with Gasteiger partial charge in [-0.25, -0.2) is 0 Å². The Morgan fingerprint density at radius 2 is 2.00 bits per heavy atom. The van der Waals surface area contributed by atoms with Gasteiger partial charge in [0.2, 0.25) is 0 Å². The van der Waals surface area contributed by atoms with Crippen LogP contribution in [0.3, 0.4) is 0 Å². The van der Waals surface area contributed by atoms with E-state index in [2.05, 4.69) is 23.1 Å². The molecule has 0 aliphatic carbocycles. The highest BCUT2D eigenvalue weighted by molar-refractivity contribution is 5.64. The Morgan fingerprint density at radius 1 is 1.21 bits per heavy atom. The highest BCUT2D eigenvalue weighted by atomic mass is 16.3. The van der Waals surface area contributed by atoms with E-state index in [4.69, 9.17) is 0 Å². The Labute approximate surface area is 84.2 Å². The number of aryl methyl sites for hydroxylation is 1. The second-order valence-electron chi connectivity index (χ2n) is 4.24. The summed E-state index contributed by atoms with van der Waals surface area (Å²) in [5, 5.41) is 9.95. The first-order chi connectivity index (χ1) is 6.86. The van der Waals surface area contributed by atoms with Gasteiger partial charge in [0.05, 0.1) is 0 Å². The lowest BCUT2D eigenvalue weighted by atomic mass is 10.0. The number of nitrogens with zero attached hydrogens (tertiary/aromatic N) is 1. The molecule has 0 fully saturated rings. The lowest BCUT2D eigenvalue weighted by Crippen LogP contribution is -2.32. The Hall–Kier alpha value is -1.02. The monoisotopic (exact) mass is 189 g/mol. The third-order valence-corrected chi connectivity index (χ3v) is 3.38. The summed E-state index contributed by atoms with van der Waals surface area (Å²) in [5.74, 6) is 0. The molecule has 0 aromatic heterocycles. The molecule has 2 nitrogen and oxygen atoms in total. The van der Waals surface area contributed by atoms with Crippen LogP contribution in [0, 0.1) is 0 Å². The van der Waals surface area contributed by atoms with Crippen LogP contribution in [0.1, 0.15) is 24.0 Å². The van der Waals surface area contributed by atoms with E-state index in [9.17, 15) is 5.11 Å². The molecule has 0 amide bonds. The van der Waals surface area contributed by atoms with Crippen LogP contribution < -0.4 is 4.90 Å². The van der Waals surface area contributed by atoms with Gasteiger partial charge < -0.3 is 10.0 Å². The highest BCUT2D eigenvalue weighted by Gasteiger charge is 2.28. The molecule has 14 heavy (non-hydrogen) atoms. The van der Waals surface area contributed by atoms with Gasteiger partial charge in [0.15, 0.2) is 0 Å². The van der Waals surface area contributed by atoms with Crippen LogP contribution in [0.25, 0.3) is 0 Å². The van der Waals surface area contributed by atoms with Gasteiger partial charge in [0.1, 0.15) is 6.23 Å². The normalized spacial score (nSPS) is 24.6. The molecule has 0 saturated carbocycles. The number of rotatable bonds is 0. The van der Waals surface area contributed by atoms with Crippen LogP contribution in [-0.2, 0) is 12.8 Å². The predicted octanol–water partition coefficient (Wildman–Crippen LogP) is 1.70. The van der Waals surface area contributed by atoms with E-state index in [1.807, 2.05) is 0 Å². The maximum absolute atomic E-state index is 9.95. The van der Waals surface area contributed by atoms with Crippen molar-refractivity contribution in [2.24, 2.45) is 0 Å². The molecule has 3 rings (SSSR count). The Kier molecular flexibility index (Phi) is 1.77. The van der Waals surface area contributed by atoms with Crippen molar-refractivity contribution in [3.05, 3.63) is 29.3 Å². The van der Waals surface area contributed by atoms with Crippen LogP contribution in [0.15, 0.2) is 18.2 Å². The van der Waals surface area contributed by atoms with Gasteiger partial charge in [-0.1, -0.05) is 18.2 Å². The minimum Gasteiger partial charge on any atom is -0.374 e. The van der Waals surface area contributed by atoms with Gasteiger partial charge in [-0.05, 0) is 36.8 Å². The fraction of sp³-hybridized carbons (Fsp3) is 0.500. The van der Waals surface area contributed by atoms with Gasteiger partial charge >= 0.3 is 0 Å². The Bertz CT molecular complexity index is 361. The molecule has 1 unspecified atom stereocenters. The van der Waals surface area contributed by atoms with Crippen LogP contribution in [0.4, 0.5) is 5.69 Å². The zero-order valence-corrected chi connectivity index (χ0v) is 8.24. The average Bonchev–Trinajstić information content (AvgIpc) is 2.54. The van der Waals surface area contributed by atoms with E-state index in [0.717, 1.165) is 32.2 Å². The fourth-order valence-electron chi connectivity index (χ4n) is 2.70. The van der Waals surface area contributed by atoms with E-state index < -0.39 is 0 Å². The minimum absolute atomic E-state index is 0.250. The number of hydrogen-bond donors (Lipinski definition) is 1. The number of hydrogen-bond acceptors (Lipinski definition) is 2. The molecule has 0 saturated heterocycles. The first-order valence-electron chi connectivity index (χ1n) is 5.42. The largest absolute Gasteiger partial charge is 0.374 e. The van der Waals surface area contributed by atoms with Gasteiger partial charge in [0, 0.05) is 12.2 Å². The van der Waals surface area contributed by atoms with Crippen molar-refractivity contribution in [2.75, 3.05) is 11.4 Å². The van der Waals surface area contributed by atoms with Crippen molar-refractivity contribution in [3.63, 3.8) is 0 Å². The summed E-state index contributed by atoms with van der Waals surface area (Å²) in [7, 11) is 0. The van der Waals surface area contributed by atoms with Crippen LogP contribution in [-0.4, -0.2) is 17.9 Å². The zero-order chi connectivity index (χ0) is 9.54. The summed E-state index contributed by atoms with van der Waals surface area (Å²) in [6.07, 6.45) is 3.99. The molecule has 2 heteroatoms. The molecule has 0 radical (unpaired) electrons. The predicted molar refractivity (Wildman–Crippen MR) is 56.4 cm³/mol. The van der Waals surface area contributed by atoms with Crippen molar-refractivity contribution in [1.82, 2.24) is 0 Å². The molecule has 1 aromatic rings. The lowest BCUT2D eigenvalue weighted by Gasteiger charge is -2.24. The lowest BCUT2D eigenvalue weighted by molar-refractivity contribution is 0.161. The molecular weight excluding hydrogens is 174 g/mol. The van der Waals surface area contributed by atoms with E-state index in [-0.39, 0.29) is 6.23 Å². The number of benzene rings is 1. The number of aliphatic hydroxyl groups excluding tert-OH is 1. The first-order valence-corrected chi connectivity index (χ1v) is 5.42. The summed E-state index contributed by atoms with van der Waals surface area (Å²) in [6.45, 7) is 0.994. The second kappa shape index (κ2) is 2.99. The van der Waals surface area contributed by atoms with Crippen molar-refractivity contribution in [3.8, 4) is 0 Å². The van der Waals surface area contributed by atoms with Gasteiger partial charge in [0.25, 0.3) is 0 Å². The topological polar surface area (TPSA) is 23.5 Å². The summed E-state index contributed by atoms with van der Waals surface area (Å²) in [5.41, 5.74) is 4.18. The van der Waals surface area contributed by atoms with Gasteiger partial charge in [-0.3, -0.25) is 0 Å². The van der Waals surface area contributed by atoms with E-state index in [1.54, 1.807) is 0 Å². The second-order valence-corrected chi connectivity index (χ2v) is 4.24. The van der Waals surface area contributed by atoms with Crippen molar-refractivity contribution in [1.29, 1.82) is 0 Å². The maximum atomic E-state index is 9.95. The molecule has 1 aromatic carbocycles. The molecule has 0 bridgehead atoms. The Morgan fingerprint density at radius 3 is 2.86 bits per heavy atom. The van der Waals surface area contributed by atoms with E-state index >= 15 is 0 Å². The quantitative estimate of drug-likeness (QED) is 0.671. The van der Waals surface area contributed by atoms with Crippen LogP contribution >= 0.6 is 0 Å². The molecule has 2 aliphatic rings. The summed E-state index contributed by atoms with van der Waals surface area (Å²) < 4.78 is 0. The smallest absolute Gasteiger partial charge is 0.126 e. The first kappa shape index (κ1) is 8.30. The van der Waals surface area contributed by atoms with E-state index in [0.29, 0.717) is 0 Å². The SMILES string of the molecule is OC1CCCc2cccc3c2N1CC3. The maximum Gasteiger partial charge on any atom is 0.126 e. The molecular formula is C12H15NO. The molecule has 2 heterocycles. The number of aliphatic hydroxyl groups is 1. The third-order valence-electron chi connectivity index (χ3n) is 3.38. The standard InChI is InChI=1S/C12H15NO/c14-11-6-2-5-9-3-1-4-10-7-8-13(11)12(9)10/h1,3-4,11,14H,2,5-8H2. The minimum atomic E-state index is -0.250. The van der Waals surface area contributed by atoms with Gasteiger partial charge in [-0.15, -0.1) is 0 Å². The molecule has 0 spiro atoms. The average molecular weight is 189 g/mol. The highest BCUT2D eigenvalue weighted by Crippen LogP contribution is 2.36. The van der Waals surface area contributed by atoms with Crippen molar-refractivity contribution >= 4 is 5.69 Å². The third kappa shape index (κ3) is 1.07. The Balaban J connectivity index is 2.15.